The Morgan fingerprint density at radius 2 is 1.69 bits per heavy atom. The van der Waals surface area contributed by atoms with Crippen molar-refractivity contribution in [2.75, 3.05) is 32.7 Å². The zero-order valence-corrected chi connectivity index (χ0v) is 19.5. The van der Waals surface area contributed by atoms with Gasteiger partial charge in [-0.25, -0.2) is 14.6 Å². The first kappa shape index (κ1) is 22.2. The van der Waals surface area contributed by atoms with Gasteiger partial charge < -0.3 is 10.0 Å². The highest BCUT2D eigenvalue weighted by Gasteiger charge is 2.27. The first-order chi connectivity index (χ1) is 15.5. The van der Waals surface area contributed by atoms with Crippen molar-refractivity contribution in [2.45, 2.75) is 13.5 Å². The van der Waals surface area contributed by atoms with Crippen LogP contribution in [0.5, 0.6) is 0 Å². The van der Waals surface area contributed by atoms with Crippen molar-refractivity contribution in [3.05, 3.63) is 65.7 Å². The van der Waals surface area contributed by atoms with Crippen molar-refractivity contribution in [2.24, 2.45) is 0 Å². The second kappa shape index (κ2) is 9.67. The number of pyridine rings is 1. The number of urea groups is 1. The molecule has 2 aromatic carbocycles. The molecule has 4 rings (SSSR count). The van der Waals surface area contributed by atoms with Gasteiger partial charge in [-0.15, -0.1) is 0 Å². The summed E-state index contributed by atoms with van der Waals surface area (Å²) in [7, 11) is 0. The Morgan fingerprint density at radius 3 is 2.34 bits per heavy atom. The van der Waals surface area contributed by atoms with Gasteiger partial charge in [-0.05, 0) is 13.0 Å². The van der Waals surface area contributed by atoms with Gasteiger partial charge >= 0.3 is 12.0 Å². The van der Waals surface area contributed by atoms with Crippen LogP contribution in [0.3, 0.4) is 0 Å². The zero-order chi connectivity index (χ0) is 22.7. The molecule has 0 spiro atoms. The van der Waals surface area contributed by atoms with E-state index in [1.807, 2.05) is 66.4 Å². The Balaban J connectivity index is 1.70. The third kappa shape index (κ3) is 4.47. The van der Waals surface area contributed by atoms with Crippen LogP contribution in [-0.2, 0) is 6.54 Å². The number of aromatic nitrogens is 1. The molecule has 1 N–H and O–H groups in total. The van der Waals surface area contributed by atoms with Crippen LogP contribution in [0.15, 0.2) is 54.6 Å². The van der Waals surface area contributed by atoms with Crippen molar-refractivity contribution in [1.29, 1.82) is 0 Å². The molecule has 2 heterocycles. The van der Waals surface area contributed by atoms with Crippen LogP contribution in [0.2, 0.25) is 0 Å². The van der Waals surface area contributed by atoms with Crippen molar-refractivity contribution < 1.29 is 14.7 Å². The molecule has 1 aliphatic heterocycles. The lowest BCUT2D eigenvalue weighted by molar-refractivity contribution is 0.0696. The normalized spacial score (nSPS) is 14.5. The Hall–Kier alpha value is -2.97. The summed E-state index contributed by atoms with van der Waals surface area (Å²) in [6.45, 7) is 5.46. The second-order valence-electron chi connectivity index (χ2n) is 7.73. The highest BCUT2D eigenvalue weighted by atomic mass is 79.9. The van der Waals surface area contributed by atoms with E-state index < -0.39 is 5.97 Å². The van der Waals surface area contributed by atoms with Gasteiger partial charge in [-0.2, -0.15) is 0 Å². The number of halogens is 1. The number of hydrogen-bond donors (Lipinski definition) is 1. The Morgan fingerprint density at radius 1 is 1.03 bits per heavy atom. The van der Waals surface area contributed by atoms with E-state index in [4.69, 9.17) is 4.98 Å². The highest BCUT2D eigenvalue weighted by Crippen LogP contribution is 2.31. The lowest BCUT2D eigenvalue weighted by atomic mass is 9.96. The smallest absolute Gasteiger partial charge is 0.336 e. The number of amides is 2. The summed E-state index contributed by atoms with van der Waals surface area (Å²) < 4.78 is 1.52. The van der Waals surface area contributed by atoms with Crippen molar-refractivity contribution in [3.8, 4) is 11.3 Å². The van der Waals surface area contributed by atoms with E-state index in [1.54, 1.807) is 0 Å². The molecule has 3 aromatic rings. The molecule has 1 fully saturated rings. The average Bonchev–Trinajstić information content (AvgIpc) is 2.83. The maximum absolute atomic E-state index is 12.4. The minimum Gasteiger partial charge on any atom is -0.478 e. The molecule has 0 saturated carbocycles. The number of carbonyl (C=O) groups excluding carboxylic acids is 1. The molecule has 166 valence electrons. The predicted octanol–water partition coefficient (Wildman–Crippen LogP) is 4.47. The number of carboxylic acid groups (broad SMARTS) is 1. The van der Waals surface area contributed by atoms with E-state index in [1.165, 1.54) is 3.93 Å². The number of piperazine rings is 1. The monoisotopic (exact) mass is 496 g/mol. The van der Waals surface area contributed by atoms with E-state index in [9.17, 15) is 14.7 Å². The van der Waals surface area contributed by atoms with Crippen molar-refractivity contribution in [1.82, 2.24) is 18.7 Å². The lowest BCUT2D eigenvalue weighted by Crippen LogP contribution is -2.50. The van der Waals surface area contributed by atoms with Gasteiger partial charge in [0, 0.05) is 55.8 Å². The van der Waals surface area contributed by atoms with E-state index in [-0.39, 0.29) is 6.03 Å². The molecule has 0 aliphatic carbocycles. The van der Waals surface area contributed by atoms with E-state index in [0.29, 0.717) is 67.0 Å². The summed E-state index contributed by atoms with van der Waals surface area (Å²) in [5.74, 6) is -0.956. The first-order valence-electron chi connectivity index (χ1n) is 10.6. The number of nitrogens with zero attached hydrogens (tertiary/aromatic N) is 4. The molecule has 2 amide bonds. The number of hydrogen-bond acceptors (Lipinski definition) is 4. The van der Waals surface area contributed by atoms with Crippen LogP contribution in [0.1, 0.15) is 22.8 Å². The van der Waals surface area contributed by atoms with Gasteiger partial charge in [0.15, 0.2) is 0 Å². The summed E-state index contributed by atoms with van der Waals surface area (Å²) in [6, 6.07) is 17.0. The molecule has 0 atom stereocenters. The van der Waals surface area contributed by atoms with E-state index in [2.05, 4.69) is 21.0 Å². The fraction of sp³-hybridized carbons (Fsp3) is 0.292. The van der Waals surface area contributed by atoms with Gasteiger partial charge in [0.25, 0.3) is 0 Å². The van der Waals surface area contributed by atoms with Gasteiger partial charge in [0.2, 0.25) is 0 Å². The molecule has 8 heteroatoms. The van der Waals surface area contributed by atoms with Gasteiger partial charge in [-0.3, -0.25) is 8.83 Å². The van der Waals surface area contributed by atoms with Crippen LogP contribution in [0, 0.1) is 0 Å². The number of benzene rings is 2. The quantitative estimate of drug-likeness (QED) is 0.527. The van der Waals surface area contributed by atoms with Crippen LogP contribution >= 0.6 is 16.1 Å². The summed E-state index contributed by atoms with van der Waals surface area (Å²) >= 11 is 3.29. The van der Waals surface area contributed by atoms with Crippen molar-refractivity contribution in [3.63, 3.8) is 0 Å². The number of fused-ring (bicyclic) bond motifs is 1. The minimum atomic E-state index is -0.956. The highest BCUT2D eigenvalue weighted by molar-refractivity contribution is 9.07. The minimum absolute atomic E-state index is 0.0456. The largest absolute Gasteiger partial charge is 0.478 e. The Kier molecular flexibility index (Phi) is 6.72. The molecule has 7 nitrogen and oxygen atoms in total. The standard InChI is InChI=1S/C24H25BrN4O3/c1-2-29(25)24(32)28-14-12-27(13-15-28)16-19-21(23(30)31)18-10-6-7-11-20(18)26-22(19)17-8-4-3-5-9-17/h3-11H,2,12-16H2,1H3,(H,30,31). The third-order valence-corrected chi connectivity index (χ3v) is 6.57. The number of para-hydroxylation sites is 1. The molecule has 32 heavy (non-hydrogen) atoms. The average molecular weight is 497 g/mol. The maximum atomic E-state index is 12.4. The lowest BCUT2D eigenvalue weighted by Gasteiger charge is -2.36. The molecule has 0 radical (unpaired) electrons. The first-order valence-corrected chi connectivity index (χ1v) is 11.4. The summed E-state index contributed by atoms with van der Waals surface area (Å²) in [5.41, 5.74) is 3.25. The Labute approximate surface area is 195 Å². The topological polar surface area (TPSA) is 77.0 Å². The molecular weight excluding hydrogens is 472 g/mol. The molecule has 1 aliphatic rings. The fourth-order valence-electron chi connectivity index (χ4n) is 4.09. The van der Waals surface area contributed by atoms with Crippen molar-refractivity contribution >= 4 is 39.1 Å². The van der Waals surface area contributed by atoms with Crippen LogP contribution < -0.4 is 0 Å². The van der Waals surface area contributed by atoms with Crippen LogP contribution in [-0.4, -0.2) is 68.5 Å². The number of carboxylic acids is 1. The van der Waals surface area contributed by atoms with Gasteiger partial charge in [-0.1, -0.05) is 48.5 Å². The zero-order valence-electron chi connectivity index (χ0n) is 17.9. The third-order valence-electron chi connectivity index (χ3n) is 5.76. The summed E-state index contributed by atoms with van der Waals surface area (Å²) in [4.78, 5) is 33.7. The van der Waals surface area contributed by atoms with Crippen LogP contribution in [0.25, 0.3) is 22.2 Å². The predicted molar refractivity (Wildman–Crippen MR) is 128 cm³/mol. The number of aromatic carboxylic acids is 1. The fourth-order valence-corrected chi connectivity index (χ4v) is 4.32. The molecule has 0 unspecified atom stereocenters. The molecule has 0 bridgehead atoms. The molecular formula is C24H25BrN4O3. The summed E-state index contributed by atoms with van der Waals surface area (Å²) in [5, 5.41) is 10.8. The second-order valence-corrected chi connectivity index (χ2v) is 8.58. The van der Waals surface area contributed by atoms with E-state index in [0.717, 1.165) is 5.56 Å². The number of rotatable bonds is 5. The summed E-state index contributed by atoms with van der Waals surface area (Å²) in [6.07, 6.45) is 0. The molecule has 1 saturated heterocycles. The SMILES string of the molecule is CCN(Br)C(=O)N1CCN(Cc2c(-c3ccccc3)nc3ccccc3c2C(=O)O)CC1. The van der Waals surface area contributed by atoms with Crippen LogP contribution in [0.4, 0.5) is 4.79 Å². The van der Waals surface area contributed by atoms with Gasteiger partial charge in [0.05, 0.1) is 32.9 Å². The number of carbonyl (C=O) groups is 2. The Bertz CT molecular complexity index is 1130. The van der Waals surface area contributed by atoms with E-state index >= 15 is 0 Å². The molecule has 1 aromatic heterocycles. The maximum Gasteiger partial charge on any atom is 0.336 e. The van der Waals surface area contributed by atoms with Gasteiger partial charge in [0.1, 0.15) is 0 Å².